The monoisotopic (exact) mass is 427 g/mol. The largest absolute Gasteiger partial charge is 0.472 e. The number of pyridine rings is 1. The highest BCUT2D eigenvalue weighted by molar-refractivity contribution is 5.94. The predicted octanol–water partition coefficient (Wildman–Crippen LogP) is 5.05. The van der Waals surface area contributed by atoms with Crippen molar-refractivity contribution in [1.29, 1.82) is 0 Å². The third kappa shape index (κ3) is 4.13. The number of furan rings is 1. The molecule has 1 N–H and O–H groups in total. The molecule has 2 unspecified atom stereocenters. The van der Waals surface area contributed by atoms with Gasteiger partial charge < -0.3 is 9.73 Å². The third-order valence-corrected chi connectivity index (χ3v) is 6.73. The van der Waals surface area contributed by atoms with Crippen molar-refractivity contribution in [3.05, 3.63) is 95.2 Å². The molecule has 0 aliphatic carbocycles. The quantitative estimate of drug-likeness (QED) is 0.598. The second-order valence-electron chi connectivity index (χ2n) is 8.73. The lowest BCUT2D eigenvalue weighted by molar-refractivity contribution is 0.0956. The summed E-state index contributed by atoms with van der Waals surface area (Å²) >= 11 is 0. The summed E-state index contributed by atoms with van der Waals surface area (Å²) in [5.74, 6) is -0.0308. The van der Waals surface area contributed by atoms with Crippen LogP contribution in [0.4, 0.5) is 0 Å². The van der Waals surface area contributed by atoms with E-state index in [2.05, 4.69) is 40.5 Å². The lowest BCUT2D eigenvalue weighted by Crippen LogP contribution is -2.40. The first-order valence-electron chi connectivity index (χ1n) is 11.5. The highest BCUT2D eigenvalue weighted by Gasteiger charge is 2.39. The Labute approximate surface area is 189 Å². The Bertz CT molecular complexity index is 1070. The fraction of sp³-hybridized carbons (Fsp3) is 0.333. The molecular formula is C27H29N3O2. The number of hydrogen-bond donors (Lipinski definition) is 1. The van der Waals surface area contributed by atoms with Gasteiger partial charge in [0.1, 0.15) is 0 Å². The highest BCUT2D eigenvalue weighted by Crippen LogP contribution is 2.43. The van der Waals surface area contributed by atoms with Crippen LogP contribution in [0.2, 0.25) is 0 Å². The van der Waals surface area contributed by atoms with Gasteiger partial charge in [0, 0.05) is 48.1 Å². The number of piperidine rings is 1. The second-order valence-corrected chi connectivity index (χ2v) is 8.73. The number of rotatable bonds is 6. The number of carbonyl (C=O) groups excluding carboxylic acids is 1. The van der Waals surface area contributed by atoms with E-state index in [-0.39, 0.29) is 5.91 Å². The number of aromatic nitrogens is 1. The molecule has 2 fully saturated rings. The molecule has 5 nitrogen and oxygen atoms in total. The van der Waals surface area contributed by atoms with Gasteiger partial charge in [-0.1, -0.05) is 23.8 Å². The molecule has 2 aliphatic heterocycles. The van der Waals surface area contributed by atoms with E-state index in [1.807, 2.05) is 37.6 Å². The van der Waals surface area contributed by atoms with Crippen LogP contribution in [0.3, 0.4) is 0 Å². The fourth-order valence-corrected chi connectivity index (χ4v) is 5.26. The summed E-state index contributed by atoms with van der Waals surface area (Å²) in [7, 11) is 0. The third-order valence-electron chi connectivity index (χ3n) is 6.73. The van der Waals surface area contributed by atoms with Crippen LogP contribution in [0.1, 0.15) is 59.8 Å². The summed E-state index contributed by atoms with van der Waals surface area (Å²) in [5, 5.41) is 2.87. The van der Waals surface area contributed by atoms with Gasteiger partial charge in [-0.05, 0) is 68.5 Å². The maximum absolute atomic E-state index is 12.2. The molecule has 2 atom stereocenters. The second kappa shape index (κ2) is 9.13. The molecular weight excluding hydrogens is 398 g/mol. The lowest BCUT2D eigenvalue weighted by atomic mass is 9.87. The van der Waals surface area contributed by atoms with Crippen LogP contribution in [-0.2, 0) is 6.54 Å². The molecule has 32 heavy (non-hydrogen) atoms. The van der Waals surface area contributed by atoms with Crippen molar-refractivity contribution in [2.24, 2.45) is 0 Å². The lowest BCUT2D eigenvalue weighted by Gasteiger charge is -2.37. The Morgan fingerprint density at radius 1 is 1.06 bits per heavy atom. The van der Waals surface area contributed by atoms with Gasteiger partial charge in [-0.25, -0.2) is 0 Å². The van der Waals surface area contributed by atoms with Gasteiger partial charge >= 0.3 is 0 Å². The van der Waals surface area contributed by atoms with E-state index in [1.165, 1.54) is 29.6 Å². The number of fused-ring (bicyclic) bond motifs is 2. The minimum Gasteiger partial charge on any atom is -0.472 e. The zero-order chi connectivity index (χ0) is 21.9. The van der Waals surface area contributed by atoms with Crippen LogP contribution in [0.5, 0.6) is 0 Å². The molecule has 2 aliphatic rings. The Kier molecular flexibility index (Phi) is 5.91. The van der Waals surface area contributed by atoms with Crippen LogP contribution in [0.25, 0.3) is 5.57 Å². The molecule has 1 aromatic carbocycles. The molecule has 164 valence electrons. The summed E-state index contributed by atoms with van der Waals surface area (Å²) < 4.78 is 5.29. The highest BCUT2D eigenvalue weighted by atomic mass is 16.3. The fourth-order valence-electron chi connectivity index (χ4n) is 5.26. The van der Waals surface area contributed by atoms with Crippen molar-refractivity contribution in [3.63, 3.8) is 0 Å². The minimum absolute atomic E-state index is 0.0308. The number of nitrogens with one attached hydrogen (secondary N) is 1. The topological polar surface area (TPSA) is 58.4 Å². The van der Waals surface area contributed by atoms with Crippen molar-refractivity contribution < 1.29 is 9.21 Å². The van der Waals surface area contributed by atoms with E-state index in [1.54, 1.807) is 6.26 Å². The van der Waals surface area contributed by atoms with Gasteiger partial charge in [0.15, 0.2) is 0 Å². The van der Waals surface area contributed by atoms with Crippen molar-refractivity contribution >= 4 is 11.5 Å². The van der Waals surface area contributed by atoms with E-state index in [0.717, 1.165) is 30.6 Å². The van der Waals surface area contributed by atoms with Crippen LogP contribution in [0, 0.1) is 0 Å². The molecule has 4 heterocycles. The molecule has 2 bridgehead atoms. The SMILES string of the molecule is CCNC(=O)c1ccc(C(=C2CC3CCC(C2)N3Cc2ccoc2)c2ccccn2)cc1. The zero-order valence-electron chi connectivity index (χ0n) is 18.5. The van der Waals surface area contributed by atoms with E-state index < -0.39 is 0 Å². The molecule has 0 saturated carbocycles. The van der Waals surface area contributed by atoms with Crippen LogP contribution >= 0.6 is 0 Å². The number of carbonyl (C=O) groups is 1. The Morgan fingerprint density at radius 3 is 2.44 bits per heavy atom. The molecule has 0 radical (unpaired) electrons. The standard InChI is InChI=1S/C27H29N3O2/c1-2-28-27(31)21-8-6-20(7-9-21)26(25-5-3-4-13-29-25)22-15-23-10-11-24(16-22)30(23)17-19-12-14-32-18-19/h3-9,12-14,18,23-24H,2,10-11,15-17H2,1H3,(H,28,31). The normalized spacial score (nSPS) is 20.3. The summed E-state index contributed by atoms with van der Waals surface area (Å²) in [6.07, 6.45) is 10.1. The van der Waals surface area contributed by atoms with Gasteiger partial charge in [0.2, 0.25) is 0 Å². The molecule has 5 heteroatoms. The summed E-state index contributed by atoms with van der Waals surface area (Å²) in [5.41, 5.74) is 6.79. The molecule has 2 saturated heterocycles. The van der Waals surface area contributed by atoms with Gasteiger partial charge in [-0.15, -0.1) is 0 Å². The van der Waals surface area contributed by atoms with Gasteiger partial charge in [-0.2, -0.15) is 0 Å². The number of hydrogen-bond acceptors (Lipinski definition) is 4. The van der Waals surface area contributed by atoms with Crippen LogP contribution in [-0.4, -0.2) is 34.4 Å². The van der Waals surface area contributed by atoms with Gasteiger partial charge in [0.25, 0.3) is 5.91 Å². The molecule has 5 rings (SSSR count). The maximum Gasteiger partial charge on any atom is 0.251 e. The summed E-state index contributed by atoms with van der Waals surface area (Å²) in [6.45, 7) is 3.52. The van der Waals surface area contributed by atoms with Crippen molar-refractivity contribution in [1.82, 2.24) is 15.2 Å². The van der Waals surface area contributed by atoms with Crippen molar-refractivity contribution in [2.45, 2.75) is 51.2 Å². The Balaban J connectivity index is 1.47. The zero-order valence-corrected chi connectivity index (χ0v) is 18.5. The number of benzene rings is 1. The Morgan fingerprint density at radius 2 is 1.81 bits per heavy atom. The van der Waals surface area contributed by atoms with E-state index >= 15 is 0 Å². The van der Waals surface area contributed by atoms with Crippen LogP contribution in [0.15, 0.2) is 77.2 Å². The molecule has 3 aromatic rings. The van der Waals surface area contributed by atoms with Gasteiger partial charge in [0.05, 0.1) is 18.2 Å². The average Bonchev–Trinajstić information content (AvgIpc) is 3.41. The van der Waals surface area contributed by atoms with Gasteiger partial charge in [-0.3, -0.25) is 14.7 Å². The first-order valence-corrected chi connectivity index (χ1v) is 11.5. The predicted molar refractivity (Wildman–Crippen MR) is 125 cm³/mol. The van der Waals surface area contributed by atoms with E-state index in [0.29, 0.717) is 24.2 Å². The smallest absolute Gasteiger partial charge is 0.251 e. The molecule has 2 aromatic heterocycles. The maximum atomic E-state index is 12.2. The van der Waals surface area contributed by atoms with E-state index in [4.69, 9.17) is 9.40 Å². The minimum atomic E-state index is -0.0308. The molecule has 0 spiro atoms. The number of amides is 1. The average molecular weight is 428 g/mol. The summed E-state index contributed by atoms with van der Waals surface area (Å²) in [6, 6.07) is 17.3. The first kappa shape index (κ1) is 20.7. The Hall–Kier alpha value is -3.18. The molecule has 1 amide bonds. The van der Waals surface area contributed by atoms with Crippen LogP contribution < -0.4 is 5.32 Å². The number of nitrogens with zero attached hydrogens (tertiary/aromatic N) is 2. The van der Waals surface area contributed by atoms with Crippen molar-refractivity contribution in [3.8, 4) is 0 Å². The van der Waals surface area contributed by atoms with E-state index in [9.17, 15) is 4.79 Å². The van der Waals surface area contributed by atoms with Crippen molar-refractivity contribution in [2.75, 3.05) is 6.54 Å². The first-order chi connectivity index (χ1) is 15.7. The summed E-state index contributed by atoms with van der Waals surface area (Å²) in [4.78, 5) is 19.6.